The van der Waals surface area contributed by atoms with E-state index in [1.165, 1.54) is 0 Å². The van der Waals surface area contributed by atoms with Crippen LogP contribution in [0, 0.1) is 0 Å². The Balaban J connectivity index is 4.52. The predicted molar refractivity (Wildman–Crippen MR) is 48.3 cm³/mol. The fourth-order valence-corrected chi connectivity index (χ4v) is 1.78. The maximum Gasteiger partial charge on any atom is 0.272 e. The predicted octanol–water partition coefficient (Wildman–Crippen LogP) is 0.480. The van der Waals surface area contributed by atoms with Crippen LogP contribution < -0.4 is 5.73 Å². The van der Waals surface area contributed by atoms with Crippen LogP contribution in [0.25, 0.3) is 0 Å². The number of hydrogen-bond donors (Lipinski definition) is 1. The molecule has 12 heavy (non-hydrogen) atoms. The maximum atomic E-state index is 11.4. The second-order valence-corrected chi connectivity index (χ2v) is 5.41. The molecule has 0 spiro atoms. The lowest BCUT2D eigenvalue weighted by Gasteiger charge is -2.22. The third-order valence-corrected chi connectivity index (χ3v) is 3.80. The molecule has 0 aromatic carbocycles. The number of hydrogen-bond acceptors (Lipinski definition) is 4. The third kappa shape index (κ3) is 2.73. The largest absolute Gasteiger partial charge is 0.330 e. The zero-order chi connectivity index (χ0) is 9.83. The van der Waals surface area contributed by atoms with E-state index in [0.29, 0.717) is 13.0 Å². The molecular weight excluding hydrogens is 178 g/mol. The van der Waals surface area contributed by atoms with Gasteiger partial charge in [-0.25, -0.2) is 0 Å². The van der Waals surface area contributed by atoms with Crippen LogP contribution in [0.5, 0.6) is 0 Å². The van der Waals surface area contributed by atoms with Gasteiger partial charge in [-0.3, -0.25) is 4.18 Å². The molecule has 4 nitrogen and oxygen atoms in total. The van der Waals surface area contributed by atoms with Crippen LogP contribution in [-0.2, 0) is 14.3 Å². The van der Waals surface area contributed by atoms with Gasteiger partial charge in [0.2, 0.25) is 0 Å². The quantitative estimate of drug-likeness (QED) is 0.648. The molecule has 74 valence electrons. The SMILES string of the molecule is CCOS(=O)(=O)C(C)(C)CCN. The summed E-state index contributed by atoms with van der Waals surface area (Å²) in [6, 6.07) is 0. The molecule has 0 radical (unpaired) electrons. The molecule has 0 saturated heterocycles. The van der Waals surface area contributed by atoms with Crippen molar-refractivity contribution in [3.05, 3.63) is 0 Å². The van der Waals surface area contributed by atoms with Crippen molar-refractivity contribution in [1.82, 2.24) is 0 Å². The van der Waals surface area contributed by atoms with Crippen molar-refractivity contribution in [1.29, 1.82) is 0 Å². The molecular formula is C7H17NO3S. The lowest BCUT2D eigenvalue weighted by atomic mass is 10.1. The monoisotopic (exact) mass is 195 g/mol. The van der Waals surface area contributed by atoms with E-state index in [1.54, 1.807) is 20.8 Å². The smallest absolute Gasteiger partial charge is 0.272 e. The first-order valence-electron chi connectivity index (χ1n) is 3.96. The summed E-state index contributed by atoms with van der Waals surface area (Å²) in [6.07, 6.45) is 0.412. The van der Waals surface area contributed by atoms with Crippen molar-refractivity contribution in [2.45, 2.75) is 31.9 Å². The van der Waals surface area contributed by atoms with Crippen LogP contribution in [0.4, 0.5) is 0 Å². The maximum absolute atomic E-state index is 11.4. The Kier molecular flexibility index (Phi) is 4.16. The average Bonchev–Trinajstić information content (AvgIpc) is 1.86. The lowest BCUT2D eigenvalue weighted by molar-refractivity contribution is 0.316. The van der Waals surface area contributed by atoms with E-state index in [9.17, 15) is 8.42 Å². The third-order valence-electron chi connectivity index (χ3n) is 1.70. The van der Waals surface area contributed by atoms with Gasteiger partial charge in [0.05, 0.1) is 11.4 Å². The van der Waals surface area contributed by atoms with E-state index >= 15 is 0 Å². The van der Waals surface area contributed by atoms with E-state index in [2.05, 4.69) is 4.18 Å². The van der Waals surface area contributed by atoms with Crippen molar-refractivity contribution in [3.8, 4) is 0 Å². The van der Waals surface area contributed by atoms with E-state index < -0.39 is 14.9 Å². The highest BCUT2D eigenvalue weighted by atomic mass is 32.2. The minimum Gasteiger partial charge on any atom is -0.330 e. The molecule has 0 aromatic heterocycles. The summed E-state index contributed by atoms with van der Waals surface area (Å²) in [4.78, 5) is 0. The molecule has 5 heteroatoms. The van der Waals surface area contributed by atoms with Gasteiger partial charge in [0.25, 0.3) is 10.1 Å². The molecule has 0 aliphatic heterocycles. The number of rotatable bonds is 5. The minimum atomic E-state index is -3.45. The fraction of sp³-hybridized carbons (Fsp3) is 1.00. The first-order valence-corrected chi connectivity index (χ1v) is 5.37. The van der Waals surface area contributed by atoms with Crippen LogP contribution >= 0.6 is 0 Å². The van der Waals surface area contributed by atoms with Gasteiger partial charge in [-0.05, 0) is 33.7 Å². The van der Waals surface area contributed by atoms with E-state index in [-0.39, 0.29) is 6.61 Å². The lowest BCUT2D eigenvalue weighted by Crippen LogP contribution is -2.35. The standard InChI is InChI=1S/C7H17NO3S/c1-4-11-12(9,10)7(2,3)5-6-8/h4-6,8H2,1-3H3. The van der Waals surface area contributed by atoms with Crippen molar-refractivity contribution >= 4 is 10.1 Å². The normalized spacial score (nSPS) is 13.3. The van der Waals surface area contributed by atoms with Crippen LogP contribution in [0.2, 0.25) is 0 Å². The Morgan fingerprint density at radius 1 is 1.42 bits per heavy atom. The molecule has 0 amide bonds. The van der Waals surface area contributed by atoms with Gasteiger partial charge in [0, 0.05) is 0 Å². The Labute approximate surface area is 74.2 Å². The molecule has 0 aromatic rings. The molecule has 0 bridgehead atoms. The molecule has 0 aliphatic rings. The Morgan fingerprint density at radius 3 is 2.25 bits per heavy atom. The second-order valence-electron chi connectivity index (χ2n) is 3.16. The average molecular weight is 195 g/mol. The topological polar surface area (TPSA) is 69.4 Å². The van der Waals surface area contributed by atoms with Crippen LogP contribution in [0.3, 0.4) is 0 Å². The van der Waals surface area contributed by atoms with E-state index in [4.69, 9.17) is 5.73 Å². The van der Waals surface area contributed by atoms with Gasteiger partial charge in [0.15, 0.2) is 0 Å². The Bertz CT molecular complexity index is 221. The highest BCUT2D eigenvalue weighted by Gasteiger charge is 2.33. The molecule has 0 unspecified atom stereocenters. The fourth-order valence-electron chi connectivity index (χ4n) is 0.787. The Hall–Kier alpha value is -0.130. The molecule has 0 heterocycles. The summed E-state index contributed by atoms with van der Waals surface area (Å²) in [5.41, 5.74) is 5.29. The van der Waals surface area contributed by atoms with Crippen molar-refractivity contribution in [2.24, 2.45) is 5.73 Å². The van der Waals surface area contributed by atoms with Gasteiger partial charge in [-0.2, -0.15) is 8.42 Å². The second kappa shape index (κ2) is 4.20. The summed E-state index contributed by atoms with van der Waals surface area (Å²) >= 11 is 0. The van der Waals surface area contributed by atoms with E-state index in [0.717, 1.165) is 0 Å². The van der Waals surface area contributed by atoms with Crippen LogP contribution in [-0.4, -0.2) is 26.3 Å². The molecule has 0 atom stereocenters. The first-order chi connectivity index (χ1) is 5.37. The highest BCUT2D eigenvalue weighted by Crippen LogP contribution is 2.21. The highest BCUT2D eigenvalue weighted by molar-refractivity contribution is 7.88. The Morgan fingerprint density at radius 2 is 1.92 bits per heavy atom. The summed E-state index contributed by atoms with van der Waals surface area (Å²) in [5, 5.41) is 0. The number of nitrogens with two attached hydrogens (primary N) is 1. The van der Waals surface area contributed by atoms with Crippen LogP contribution in [0.1, 0.15) is 27.2 Å². The summed E-state index contributed by atoms with van der Waals surface area (Å²) < 4.78 is 26.5. The van der Waals surface area contributed by atoms with Gasteiger partial charge >= 0.3 is 0 Å². The summed E-state index contributed by atoms with van der Waals surface area (Å²) in [5.74, 6) is 0. The molecule has 0 rings (SSSR count). The summed E-state index contributed by atoms with van der Waals surface area (Å²) in [6.45, 7) is 5.40. The molecule has 0 saturated carbocycles. The van der Waals surface area contributed by atoms with Crippen LogP contribution in [0.15, 0.2) is 0 Å². The first kappa shape index (κ1) is 11.9. The van der Waals surface area contributed by atoms with Crippen molar-refractivity contribution < 1.29 is 12.6 Å². The van der Waals surface area contributed by atoms with Crippen molar-refractivity contribution in [2.75, 3.05) is 13.2 Å². The van der Waals surface area contributed by atoms with Gasteiger partial charge in [-0.15, -0.1) is 0 Å². The zero-order valence-corrected chi connectivity index (χ0v) is 8.65. The van der Waals surface area contributed by atoms with Gasteiger partial charge < -0.3 is 5.73 Å². The van der Waals surface area contributed by atoms with Gasteiger partial charge in [0.1, 0.15) is 0 Å². The van der Waals surface area contributed by atoms with Gasteiger partial charge in [-0.1, -0.05) is 0 Å². The molecule has 0 aliphatic carbocycles. The molecule has 2 N–H and O–H groups in total. The zero-order valence-electron chi connectivity index (χ0n) is 7.83. The minimum absolute atomic E-state index is 0.177. The molecule has 0 fully saturated rings. The summed E-state index contributed by atoms with van der Waals surface area (Å²) in [7, 11) is -3.45. The van der Waals surface area contributed by atoms with E-state index in [1.807, 2.05) is 0 Å². The van der Waals surface area contributed by atoms with Crippen molar-refractivity contribution in [3.63, 3.8) is 0 Å².